The predicted molar refractivity (Wildman–Crippen MR) is 62.1 cm³/mol. The molecule has 0 spiro atoms. The number of carbonyl (C=O) groups is 2. The van der Waals surface area contributed by atoms with Crippen LogP contribution in [-0.2, 0) is 4.79 Å². The minimum Gasteiger partial charge on any atom is -0.370 e. The van der Waals surface area contributed by atoms with Gasteiger partial charge in [-0.05, 0) is 6.07 Å². The van der Waals surface area contributed by atoms with E-state index >= 15 is 0 Å². The topological polar surface area (TPSA) is 96.6 Å². The number of hydrogen-bond acceptors (Lipinski definition) is 3. The normalized spacial score (nSPS) is 18.5. The minimum absolute atomic E-state index is 0.0143. The van der Waals surface area contributed by atoms with Crippen molar-refractivity contribution in [2.75, 3.05) is 0 Å². The standard InChI is InChI=1S/C11H12N4O2/c1-6(16)13-11(12)15-9-7-4-2-3-5-8(7)10(17)14-9/h2-5,9H,1H3,(H,14,17)(H3,12,13,15,16). The molecular weight excluding hydrogens is 220 g/mol. The fourth-order valence-corrected chi connectivity index (χ4v) is 1.68. The molecule has 0 bridgehead atoms. The lowest BCUT2D eigenvalue weighted by atomic mass is 10.1. The Morgan fingerprint density at radius 1 is 1.47 bits per heavy atom. The van der Waals surface area contributed by atoms with E-state index in [2.05, 4.69) is 15.6 Å². The molecule has 1 heterocycles. The Labute approximate surface area is 97.9 Å². The van der Waals surface area contributed by atoms with Crippen LogP contribution in [-0.4, -0.2) is 17.8 Å². The van der Waals surface area contributed by atoms with Crippen molar-refractivity contribution in [3.05, 3.63) is 35.4 Å². The molecular formula is C11H12N4O2. The average molecular weight is 232 g/mol. The lowest BCUT2D eigenvalue weighted by molar-refractivity contribution is -0.117. The zero-order valence-electron chi connectivity index (χ0n) is 9.23. The Hall–Kier alpha value is -2.37. The minimum atomic E-state index is -0.537. The molecule has 0 radical (unpaired) electrons. The zero-order chi connectivity index (χ0) is 12.4. The molecule has 0 saturated carbocycles. The largest absolute Gasteiger partial charge is 0.370 e. The number of nitrogens with two attached hydrogens (primary N) is 1. The molecule has 17 heavy (non-hydrogen) atoms. The van der Waals surface area contributed by atoms with Crippen LogP contribution in [0.4, 0.5) is 0 Å². The van der Waals surface area contributed by atoms with E-state index in [9.17, 15) is 9.59 Å². The van der Waals surface area contributed by atoms with E-state index in [1.54, 1.807) is 18.2 Å². The van der Waals surface area contributed by atoms with Gasteiger partial charge in [0.1, 0.15) is 0 Å². The summed E-state index contributed by atoms with van der Waals surface area (Å²) in [7, 11) is 0. The predicted octanol–water partition coefficient (Wildman–Crippen LogP) is -0.121. The summed E-state index contributed by atoms with van der Waals surface area (Å²) in [6, 6.07) is 7.11. The quantitative estimate of drug-likeness (QED) is 0.465. The number of guanidine groups is 1. The van der Waals surface area contributed by atoms with E-state index < -0.39 is 6.17 Å². The third-order valence-electron chi connectivity index (χ3n) is 2.34. The number of fused-ring (bicyclic) bond motifs is 1. The molecule has 1 atom stereocenters. The SMILES string of the molecule is CC(=O)NC(N)=NC1NC(=O)c2ccccc21. The maximum absolute atomic E-state index is 11.6. The van der Waals surface area contributed by atoms with Gasteiger partial charge >= 0.3 is 0 Å². The van der Waals surface area contributed by atoms with E-state index in [0.717, 1.165) is 5.56 Å². The molecule has 2 rings (SSSR count). The van der Waals surface area contributed by atoms with Crippen molar-refractivity contribution in [3.8, 4) is 0 Å². The van der Waals surface area contributed by atoms with Crippen LogP contribution in [0.15, 0.2) is 29.3 Å². The highest BCUT2D eigenvalue weighted by Gasteiger charge is 2.27. The summed E-state index contributed by atoms with van der Waals surface area (Å²) >= 11 is 0. The summed E-state index contributed by atoms with van der Waals surface area (Å²) in [5.74, 6) is -0.506. The number of benzene rings is 1. The average Bonchev–Trinajstić information content (AvgIpc) is 2.55. The summed E-state index contributed by atoms with van der Waals surface area (Å²) in [5, 5.41) is 5.02. The number of nitrogens with zero attached hydrogens (tertiary/aromatic N) is 1. The van der Waals surface area contributed by atoms with Crippen LogP contribution < -0.4 is 16.4 Å². The Kier molecular flexibility index (Phi) is 2.78. The van der Waals surface area contributed by atoms with Crippen LogP contribution in [0.25, 0.3) is 0 Å². The Morgan fingerprint density at radius 3 is 2.88 bits per heavy atom. The molecule has 1 aliphatic rings. The van der Waals surface area contributed by atoms with Crippen molar-refractivity contribution in [1.82, 2.24) is 10.6 Å². The molecule has 0 fully saturated rings. The van der Waals surface area contributed by atoms with Crippen LogP contribution in [0.1, 0.15) is 29.0 Å². The monoisotopic (exact) mass is 232 g/mol. The van der Waals surface area contributed by atoms with Crippen LogP contribution in [0.3, 0.4) is 0 Å². The zero-order valence-corrected chi connectivity index (χ0v) is 9.23. The molecule has 6 nitrogen and oxygen atoms in total. The Balaban J connectivity index is 2.26. The molecule has 1 aromatic rings. The Morgan fingerprint density at radius 2 is 2.18 bits per heavy atom. The second-order valence-electron chi connectivity index (χ2n) is 3.66. The highest BCUT2D eigenvalue weighted by molar-refractivity contribution is 6.00. The lowest BCUT2D eigenvalue weighted by Gasteiger charge is -2.08. The first kappa shape index (κ1) is 11.1. The fourth-order valence-electron chi connectivity index (χ4n) is 1.68. The number of nitrogens with one attached hydrogen (secondary N) is 2. The van der Waals surface area contributed by atoms with E-state index in [4.69, 9.17) is 5.73 Å². The first-order chi connectivity index (χ1) is 8.08. The molecule has 0 aromatic heterocycles. The molecule has 1 aliphatic heterocycles. The number of carbonyl (C=O) groups excluding carboxylic acids is 2. The van der Waals surface area contributed by atoms with Crippen LogP contribution in [0, 0.1) is 0 Å². The van der Waals surface area contributed by atoms with Gasteiger partial charge in [0, 0.05) is 18.1 Å². The van der Waals surface area contributed by atoms with E-state index in [0.29, 0.717) is 5.56 Å². The van der Waals surface area contributed by atoms with Gasteiger partial charge in [-0.1, -0.05) is 18.2 Å². The van der Waals surface area contributed by atoms with Crippen molar-refractivity contribution in [1.29, 1.82) is 0 Å². The number of amides is 2. The first-order valence-electron chi connectivity index (χ1n) is 5.08. The maximum atomic E-state index is 11.6. The van der Waals surface area contributed by atoms with Gasteiger partial charge in [0.15, 0.2) is 12.1 Å². The van der Waals surface area contributed by atoms with Crippen LogP contribution in [0.5, 0.6) is 0 Å². The van der Waals surface area contributed by atoms with Crippen molar-refractivity contribution >= 4 is 17.8 Å². The maximum Gasteiger partial charge on any atom is 0.253 e. The second-order valence-corrected chi connectivity index (χ2v) is 3.66. The molecule has 88 valence electrons. The lowest BCUT2D eigenvalue weighted by Crippen LogP contribution is -2.36. The molecule has 1 aromatic carbocycles. The number of aliphatic imine (C=N–C) groups is 1. The Bertz CT molecular complexity index is 510. The molecule has 4 N–H and O–H groups in total. The van der Waals surface area contributed by atoms with Gasteiger partial charge < -0.3 is 11.1 Å². The number of rotatable bonds is 1. The van der Waals surface area contributed by atoms with Gasteiger partial charge in [-0.25, -0.2) is 4.99 Å². The van der Waals surface area contributed by atoms with Crippen molar-refractivity contribution in [3.63, 3.8) is 0 Å². The van der Waals surface area contributed by atoms with E-state index in [-0.39, 0.29) is 17.8 Å². The van der Waals surface area contributed by atoms with Gasteiger partial charge in [0.2, 0.25) is 5.91 Å². The van der Waals surface area contributed by atoms with Gasteiger partial charge in [-0.15, -0.1) is 0 Å². The third-order valence-corrected chi connectivity index (χ3v) is 2.34. The van der Waals surface area contributed by atoms with E-state index in [1.165, 1.54) is 6.92 Å². The van der Waals surface area contributed by atoms with Gasteiger partial charge in [-0.3, -0.25) is 14.9 Å². The molecule has 1 unspecified atom stereocenters. The van der Waals surface area contributed by atoms with Crippen molar-refractivity contribution in [2.24, 2.45) is 10.7 Å². The van der Waals surface area contributed by atoms with Gasteiger partial charge in [0.05, 0.1) is 0 Å². The van der Waals surface area contributed by atoms with Crippen molar-refractivity contribution < 1.29 is 9.59 Å². The summed E-state index contributed by atoms with van der Waals surface area (Å²) in [6.45, 7) is 1.34. The number of hydrogen-bond donors (Lipinski definition) is 3. The van der Waals surface area contributed by atoms with Crippen LogP contribution >= 0.6 is 0 Å². The van der Waals surface area contributed by atoms with Crippen LogP contribution in [0.2, 0.25) is 0 Å². The highest BCUT2D eigenvalue weighted by Crippen LogP contribution is 2.25. The smallest absolute Gasteiger partial charge is 0.253 e. The summed E-state index contributed by atoms with van der Waals surface area (Å²) in [6.07, 6.45) is -0.537. The van der Waals surface area contributed by atoms with E-state index in [1.807, 2.05) is 6.07 Å². The molecule has 0 saturated heterocycles. The second kappa shape index (κ2) is 4.25. The third kappa shape index (κ3) is 2.25. The fraction of sp³-hybridized carbons (Fsp3) is 0.182. The summed E-state index contributed by atoms with van der Waals surface area (Å²) < 4.78 is 0. The first-order valence-corrected chi connectivity index (χ1v) is 5.08. The van der Waals surface area contributed by atoms with Gasteiger partial charge in [-0.2, -0.15) is 0 Å². The summed E-state index contributed by atoms with van der Waals surface area (Å²) in [4.78, 5) is 26.4. The molecule has 6 heteroatoms. The summed E-state index contributed by atoms with van der Waals surface area (Å²) in [5.41, 5.74) is 6.86. The van der Waals surface area contributed by atoms with Crippen molar-refractivity contribution in [2.45, 2.75) is 13.1 Å². The highest BCUT2D eigenvalue weighted by atomic mass is 16.2. The molecule has 0 aliphatic carbocycles. The molecule has 2 amide bonds. The van der Waals surface area contributed by atoms with Gasteiger partial charge in [0.25, 0.3) is 5.91 Å².